The van der Waals surface area contributed by atoms with Gasteiger partial charge in [-0.05, 0) is 37.7 Å². The fraction of sp³-hybridized carbons (Fsp3) is 0.429. The molecule has 0 spiro atoms. The second-order valence-corrected chi connectivity index (χ2v) is 4.61. The molecule has 0 saturated heterocycles. The molecule has 0 amide bonds. The first kappa shape index (κ1) is 18.7. The van der Waals surface area contributed by atoms with E-state index in [2.05, 4.69) is 11.4 Å². The lowest BCUT2D eigenvalue weighted by molar-refractivity contribution is -0.165. The summed E-state index contributed by atoms with van der Waals surface area (Å²) in [5.74, 6) is -1.81. The summed E-state index contributed by atoms with van der Waals surface area (Å²) in [5.41, 5.74) is 1.28. The molecule has 0 aromatic heterocycles. The molecule has 5 N–H and O–H groups in total. The second-order valence-electron chi connectivity index (χ2n) is 4.61. The van der Waals surface area contributed by atoms with Crippen molar-refractivity contribution in [3.8, 4) is 11.5 Å². The van der Waals surface area contributed by atoms with Gasteiger partial charge in [-0.25, -0.2) is 9.59 Å². The number of rotatable bonds is 6. The zero-order chi connectivity index (χ0) is 17.4. The Morgan fingerprint density at radius 1 is 1.13 bits per heavy atom. The van der Waals surface area contributed by atoms with Crippen LogP contribution in [-0.2, 0) is 16.0 Å². The van der Waals surface area contributed by atoms with E-state index in [1.54, 1.807) is 0 Å². The van der Waals surface area contributed by atoms with Crippen molar-refractivity contribution in [2.24, 2.45) is 0 Å². The molecule has 2 atom stereocenters. The molecule has 1 aliphatic rings. The van der Waals surface area contributed by atoms with Gasteiger partial charge in [0.2, 0.25) is 6.79 Å². The number of nitrogens with one attached hydrogen (secondary N) is 1. The first-order valence-corrected chi connectivity index (χ1v) is 6.71. The van der Waals surface area contributed by atoms with Crippen LogP contribution in [0.4, 0.5) is 0 Å². The van der Waals surface area contributed by atoms with E-state index in [0.29, 0.717) is 6.79 Å². The van der Waals surface area contributed by atoms with E-state index in [0.717, 1.165) is 24.5 Å². The Morgan fingerprint density at radius 3 is 2.22 bits per heavy atom. The van der Waals surface area contributed by atoms with Crippen LogP contribution in [0.15, 0.2) is 18.2 Å². The SMILES string of the molecule is CNCCc1ccc2c(c1)OCO2.O=C(O)C(O)C(O)C(=O)O. The van der Waals surface area contributed by atoms with Crippen molar-refractivity contribution in [3.63, 3.8) is 0 Å². The molecule has 0 fully saturated rings. The normalized spacial score (nSPS) is 14.4. The van der Waals surface area contributed by atoms with Gasteiger partial charge in [-0.15, -0.1) is 0 Å². The Bertz CT molecular complexity index is 530. The number of benzene rings is 1. The summed E-state index contributed by atoms with van der Waals surface area (Å²) >= 11 is 0. The number of aliphatic hydroxyl groups is 2. The number of carbonyl (C=O) groups is 2. The number of likely N-dealkylation sites (N-methyl/N-ethyl adjacent to an activating group) is 1. The highest BCUT2D eigenvalue weighted by Crippen LogP contribution is 2.32. The van der Waals surface area contributed by atoms with Gasteiger partial charge in [-0.2, -0.15) is 0 Å². The standard InChI is InChI=1S/C10H13NO2.C4H6O6/c1-11-5-4-8-2-3-9-10(6-8)13-7-12-9;5-1(3(7)8)2(6)4(9)10/h2-3,6,11H,4-5,7H2,1H3;1-2,5-6H,(H,7,8)(H,9,10). The molecule has 0 saturated carbocycles. The highest BCUT2D eigenvalue weighted by atomic mass is 16.7. The van der Waals surface area contributed by atoms with Crippen LogP contribution in [0.2, 0.25) is 0 Å². The van der Waals surface area contributed by atoms with Crippen LogP contribution in [0, 0.1) is 0 Å². The van der Waals surface area contributed by atoms with Gasteiger partial charge in [0.25, 0.3) is 0 Å². The van der Waals surface area contributed by atoms with E-state index < -0.39 is 24.1 Å². The third-order valence-electron chi connectivity index (χ3n) is 2.91. The maximum absolute atomic E-state index is 9.77. The minimum absolute atomic E-state index is 0.352. The zero-order valence-electron chi connectivity index (χ0n) is 12.4. The number of carboxylic acid groups (broad SMARTS) is 2. The summed E-state index contributed by atoms with van der Waals surface area (Å²) in [5, 5.41) is 35.6. The Labute approximate surface area is 132 Å². The van der Waals surface area contributed by atoms with E-state index >= 15 is 0 Å². The van der Waals surface area contributed by atoms with Crippen molar-refractivity contribution in [1.82, 2.24) is 5.32 Å². The number of hydrogen-bond acceptors (Lipinski definition) is 7. The molecule has 1 aromatic carbocycles. The highest BCUT2D eigenvalue weighted by Gasteiger charge is 2.29. The summed E-state index contributed by atoms with van der Waals surface area (Å²) in [6.07, 6.45) is -3.51. The minimum atomic E-state index is -2.27. The number of hydrogen-bond donors (Lipinski definition) is 5. The molecule has 1 aliphatic heterocycles. The first-order chi connectivity index (χ1) is 10.9. The van der Waals surface area contributed by atoms with Gasteiger partial charge in [0.1, 0.15) is 0 Å². The molecule has 1 heterocycles. The third kappa shape index (κ3) is 5.74. The molecule has 128 valence electrons. The van der Waals surface area contributed by atoms with Gasteiger partial charge in [0.15, 0.2) is 23.7 Å². The topological polar surface area (TPSA) is 146 Å². The molecule has 0 bridgehead atoms. The van der Waals surface area contributed by atoms with Gasteiger partial charge >= 0.3 is 11.9 Å². The summed E-state index contributed by atoms with van der Waals surface area (Å²) in [6, 6.07) is 6.08. The number of aliphatic carboxylic acids is 2. The fourth-order valence-electron chi connectivity index (χ4n) is 1.64. The maximum Gasteiger partial charge on any atom is 0.335 e. The Morgan fingerprint density at radius 2 is 1.70 bits per heavy atom. The number of carboxylic acids is 2. The molecule has 0 aliphatic carbocycles. The second kappa shape index (κ2) is 8.93. The molecule has 2 unspecified atom stereocenters. The number of fused-ring (bicyclic) bond motifs is 1. The van der Waals surface area contributed by atoms with Gasteiger partial charge in [-0.3, -0.25) is 0 Å². The van der Waals surface area contributed by atoms with Crippen LogP contribution in [0.5, 0.6) is 11.5 Å². The summed E-state index contributed by atoms with van der Waals surface area (Å²) in [7, 11) is 1.95. The molecule has 9 nitrogen and oxygen atoms in total. The molecule has 0 radical (unpaired) electrons. The van der Waals surface area contributed by atoms with E-state index in [9.17, 15) is 9.59 Å². The van der Waals surface area contributed by atoms with Crippen LogP contribution in [-0.4, -0.2) is 65.0 Å². The maximum atomic E-state index is 9.77. The Balaban J connectivity index is 0.000000241. The monoisotopic (exact) mass is 329 g/mol. The molecular formula is C14H19NO8. The van der Waals surface area contributed by atoms with Gasteiger partial charge in [0.05, 0.1) is 0 Å². The van der Waals surface area contributed by atoms with Crippen LogP contribution in [0.25, 0.3) is 0 Å². The van der Waals surface area contributed by atoms with Crippen LogP contribution in [0.1, 0.15) is 5.56 Å². The predicted octanol–water partition coefficient (Wildman–Crippen LogP) is -0.945. The minimum Gasteiger partial charge on any atom is -0.479 e. The smallest absolute Gasteiger partial charge is 0.335 e. The molecular weight excluding hydrogens is 310 g/mol. The van der Waals surface area contributed by atoms with E-state index in [4.69, 9.17) is 29.9 Å². The van der Waals surface area contributed by atoms with Gasteiger partial charge < -0.3 is 35.2 Å². The largest absolute Gasteiger partial charge is 0.479 e. The van der Waals surface area contributed by atoms with Crippen molar-refractivity contribution in [3.05, 3.63) is 23.8 Å². The molecule has 1 aromatic rings. The highest BCUT2D eigenvalue weighted by molar-refractivity contribution is 5.83. The summed E-state index contributed by atoms with van der Waals surface area (Å²) in [6.45, 7) is 1.34. The van der Waals surface area contributed by atoms with E-state index in [-0.39, 0.29) is 0 Å². The zero-order valence-corrected chi connectivity index (χ0v) is 12.4. The average molecular weight is 329 g/mol. The van der Waals surface area contributed by atoms with Gasteiger partial charge in [0, 0.05) is 0 Å². The Kier molecular flexibility index (Phi) is 7.26. The molecule has 9 heteroatoms. The van der Waals surface area contributed by atoms with Gasteiger partial charge in [-0.1, -0.05) is 6.07 Å². The predicted molar refractivity (Wildman–Crippen MR) is 77.5 cm³/mol. The van der Waals surface area contributed by atoms with Crippen molar-refractivity contribution in [2.75, 3.05) is 20.4 Å². The number of ether oxygens (including phenoxy) is 2. The quantitative estimate of drug-likeness (QED) is 0.446. The van der Waals surface area contributed by atoms with Crippen molar-refractivity contribution < 1.29 is 39.5 Å². The van der Waals surface area contributed by atoms with E-state index in [1.807, 2.05) is 19.2 Å². The summed E-state index contributed by atoms with van der Waals surface area (Å²) in [4.78, 5) is 19.5. The average Bonchev–Trinajstić information content (AvgIpc) is 2.99. The van der Waals surface area contributed by atoms with Crippen molar-refractivity contribution in [1.29, 1.82) is 0 Å². The lowest BCUT2D eigenvalue weighted by Gasteiger charge is -2.07. The molecule has 2 rings (SSSR count). The van der Waals surface area contributed by atoms with Crippen LogP contribution < -0.4 is 14.8 Å². The van der Waals surface area contributed by atoms with E-state index in [1.165, 1.54) is 5.56 Å². The lowest BCUT2D eigenvalue weighted by Crippen LogP contribution is -2.39. The van der Waals surface area contributed by atoms with Crippen LogP contribution in [0.3, 0.4) is 0 Å². The molecule has 23 heavy (non-hydrogen) atoms. The van der Waals surface area contributed by atoms with Crippen molar-refractivity contribution >= 4 is 11.9 Å². The Hall–Kier alpha value is -2.36. The van der Waals surface area contributed by atoms with Crippen molar-refractivity contribution in [2.45, 2.75) is 18.6 Å². The number of aliphatic hydroxyl groups excluding tert-OH is 2. The third-order valence-corrected chi connectivity index (χ3v) is 2.91. The lowest BCUT2D eigenvalue weighted by atomic mass is 10.1. The summed E-state index contributed by atoms with van der Waals surface area (Å²) < 4.78 is 10.5. The fourth-order valence-corrected chi connectivity index (χ4v) is 1.64. The van der Waals surface area contributed by atoms with Crippen LogP contribution >= 0.6 is 0 Å². The first-order valence-electron chi connectivity index (χ1n) is 6.71.